The summed E-state index contributed by atoms with van der Waals surface area (Å²) in [5.74, 6) is -1.87. The fourth-order valence-electron chi connectivity index (χ4n) is 2.23. The minimum Gasteiger partial charge on any atom is -0.388 e. The van der Waals surface area contributed by atoms with Crippen LogP contribution >= 0.6 is 15.9 Å². The SMILES string of the molecule is CCc1nn(CC)c(CC(O)c2ccc(F)c(F)c2)c1Br. The number of rotatable bonds is 5. The molecule has 2 aromatic rings. The van der Waals surface area contributed by atoms with Crippen LogP contribution in [0.5, 0.6) is 0 Å². The van der Waals surface area contributed by atoms with Crippen LogP contribution in [0.2, 0.25) is 0 Å². The summed E-state index contributed by atoms with van der Waals surface area (Å²) in [5.41, 5.74) is 2.12. The molecule has 0 aliphatic rings. The Labute approximate surface area is 130 Å². The molecule has 0 radical (unpaired) electrons. The lowest BCUT2D eigenvalue weighted by Crippen LogP contribution is -2.09. The molecule has 0 aliphatic heterocycles. The molecule has 0 saturated carbocycles. The van der Waals surface area contributed by atoms with Gasteiger partial charge in [0.05, 0.1) is 22.0 Å². The zero-order valence-electron chi connectivity index (χ0n) is 11.9. The summed E-state index contributed by atoms with van der Waals surface area (Å²) in [6.45, 7) is 4.65. The minimum atomic E-state index is -0.955. The van der Waals surface area contributed by atoms with E-state index in [0.717, 1.165) is 34.4 Å². The van der Waals surface area contributed by atoms with E-state index in [-0.39, 0.29) is 6.42 Å². The molecule has 2 rings (SSSR count). The zero-order chi connectivity index (χ0) is 15.6. The van der Waals surface area contributed by atoms with E-state index in [9.17, 15) is 13.9 Å². The molecule has 0 saturated heterocycles. The van der Waals surface area contributed by atoms with Gasteiger partial charge in [-0.2, -0.15) is 5.10 Å². The van der Waals surface area contributed by atoms with Crippen molar-refractivity contribution in [1.82, 2.24) is 9.78 Å². The van der Waals surface area contributed by atoms with E-state index in [1.54, 1.807) is 0 Å². The summed E-state index contributed by atoms with van der Waals surface area (Å²) < 4.78 is 28.9. The van der Waals surface area contributed by atoms with Gasteiger partial charge in [-0.15, -0.1) is 0 Å². The number of aliphatic hydroxyl groups excluding tert-OH is 1. The third-order valence-electron chi connectivity index (χ3n) is 3.41. The monoisotopic (exact) mass is 358 g/mol. The molecular formula is C15H17BrF2N2O. The van der Waals surface area contributed by atoms with Crippen LogP contribution in [0.25, 0.3) is 0 Å². The first-order chi connectivity index (χ1) is 9.97. The highest BCUT2D eigenvalue weighted by Crippen LogP contribution is 2.27. The first-order valence-electron chi connectivity index (χ1n) is 6.84. The number of benzene rings is 1. The zero-order valence-corrected chi connectivity index (χ0v) is 13.5. The quantitative estimate of drug-likeness (QED) is 0.882. The summed E-state index contributed by atoms with van der Waals surface area (Å²) in [7, 11) is 0. The molecule has 114 valence electrons. The molecule has 0 spiro atoms. The topological polar surface area (TPSA) is 38.0 Å². The Hall–Kier alpha value is -1.27. The smallest absolute Gasteiger partial charge is 0.159 e. The van der Waals surface area contributed by atoms with Gasteiger partial charge in [0.25, 0.3) is 0 Å². The van der Waals surface area contributed by atoms with Crippen LogP contribution in [0.3, 0.4) is 0 Å². The first-order valence-corrected chi connectivity index (χ1v) is 7.64. The Bertz CT molecular complexity index is 643. The molecule has 1 aromatic carbocycles. The van der Waals surface area contributed by atoms with E-state index in [0.29, 0.717) is 12.1 Å². The van der Waals surface area contributed by atoms with Crippen LogP contribution < -0.4 is 0 Å². The van der Waals surface area contributed by atoms with Crippen LogP contribution in [0.1, 0.15) is 36.9 Å². The maximum atomic E-state index is 13.2. The van der Waals surface area contributed by atoms with Gasteiger partial charge in [0, 0.05) is 13.0 Å². The van der Waals surface area contributed by atoms with Crippen molar-refractivity contribution in [2.45, 2.75) is 39.3 Å². The van der Waals surface area contributed by atoms with Gasteiger partial charge in [-0.05, 0) is 47.0 Å². The lowest BCUT2D eigenvalue weighted by atomic mass is 10.0. The van der Waals surface area contributed by atoms with Crippen molar-refractivity contribution in [2.75, 3.05) is 0 Å². The van der Waals surface area contributed by atoms with Crippen molar-refractivity contribution in [3.63, 3.8) is 0 Å². The lowest BCUT2D eigenvalue weighted by molar-refractivity contribution is 0.174. The van der Waals surface area contributed by atoms with Gasteiger partial charge in [-0.3, -0.25) is 4.68 Å². The minimum absolute atomic E-state index is 0.284. The molecule has 6 heteroatoms. The predicted molar refractivity (Wildman–Crippen MR) is 80.0 cm³/mol. The maximum absolute atomic E-state index is 13.2. The normalized spacial score (nSPS) is 12.7. The van der Waals surface area contributed by atoms with Crippen molar-refractivity contribution in [3.05, 3.63) is 51.3 Å². The molecule has 0 bridgehead atoms. The summed E-state index contributed by atoms with van der Waals surface area (Å²) >= 11 is 3.50. The van der Waals surface area contributed by atoms with E-state index >= 15 is 0 Å². The molecule has 1 atom stereocenters. The van der Waals surface area contributed by atoms with Gasteiger partial charge in [-0.25, -0.2) is 8.78 Å². The average molecular weight is 359 g/mol. The Kier molecular flexibility index (Phi) is 5.11. The van der Waals surface area contributed by atoms with Gasteiger partial charge >= 0.3 is 0 Å². The fourth-order valence-corrected chi connectivity index (χ4v) is 2.96. The summed E-state index contributed by atoms with van der Waals surface area (Å²) in [5, 5.41) is 14.7. The lowest BCUT2D eigenvalue weighted by Gasteiger charge is -2.13. The van der Waals surface area contributed by atoms with Gasteiger partial charge in [-0.1, -0.05) is 13.0 Å². The average Bonchev–Trinajstić information content (AvgIpc) is 2.78. The largest absolute Gasteiger partial charge is 0.388 e. The number of aryl methyl sites for hydroxylation is 2. The summed E-state index contributed by atoms with van der Waals surface area (Å²) in [6, 6.07) is 3.45. The third-order valence-corrected chi connectivity index (χ3v) is 4.32. The van der Waals surface area contributed by atoms with Gasteiger partial charge in [0.1, 0.15) is 0 Å². The molecule has 0 aliphatic carbocycles. The number of aromatic nitrogens is 2. The molecule has 1 aromatic heterocycles. The number of halogens is 3. The van der Waals surface area contributed by atoms with Crippen LogP contribution in [0.15, 0.2) is 22.7 Å². The van der Waals surface area contributed by atoms with Crippen molar-refractivity contribution >= 4 is 15.9 Å². The van der Waals surface area contributed by atoms with Gasteiger partial charge in [0.15, 0.2) is 11.6 Å². The molecule has 0 amide bonds. The number of hydrogen-bond acceptors (Lipinski definition) is 2. The molecule has 1 heterocycles. The Morgan fingerprint density at radius 3 is 2.57 bits per heavy atom. The highest BCUT2D eigenvalue weighted by Gasteiger charge is 2.19. The second-order valence-corrected chi connectivity index (χ2v) is 5.56. The molecule has 0 fully saturated rings. The van der Waals surface area contributed by atoms with E-state index in [4.69, 9.17) is 0 Å². The fraction of sp³-hybridized carbons (Fsp3) is 0.400. The van der Waals surface area contributed by atoms with E-state index < -0.39 is 17.7 Å². The van der Waals surface area contributed by atoms with Crippen molar-refractivity contribution < 1.29 is 13.9 Å². The van der Waals surface area contributed by atoms with Gasteiger partial charge in [0.2, 0.25) is 0 Å². The van der Waals surface area contributed by atoms with Crippen molar-refractivity contribution in [3.8, 4) is 0 Å². The Morgan fingerprint density at radius 1 is 1.29 bits per heavy atom. The van der Waals surface area contributed by atoms with Gasteiger partial charge < -0.3 is 5.11 Å². The van der Waals surface area contributed by atoms with E-state index in [1.807, 2.05) is 18.5 Å². The maximum Gasteiger partial charge on any atom is 0.159 e. The van der Waals surface area contributed by atoms with Crippen molar-refractivity contribution in [2.24, 2.45) is 0 Å². The first kappa shape index (κ1) is 16.1. The third kappa shape index (κ3) is 3.32. The summed E-state index contributed by atoms with van der Waals surface area (Å²) in [6.07, 6.45) is 0.150. The second kappa shape index (κ2) is 6.66. The van der Waals surface area contributed by atoms with Crippen LogP contribution in [0.4, 0.5) is 8.78 Å². The second-order valence-electron chi connectivity index (χ2n) is 4.77. The molecule has 21 heavy (non-hydrogen) atoms. The van der Waals surface area contributed by atoms with Crippen LogP contribution in [0, 0.1) is 11.6 Å². The number of aliphatic hydroxyl groups is 1. The number of hydrogen-bond donors (Lipinski definition) is 1. The Morgan fingerprint density at radius 2 is 2.00 bits per heavy atom. The number of nitrogens with zero attached hydrogens (tertiary/aromatic N) is 2. The molecule has 3 nitrogen and oxygen atoms in total. The summed E-state index contributed by atoms with van der Waals surface area (Å²) in [4.78, 5) is 0. The Balaban J connectivity index is 2.28. The van der Waals surface area contributed by atoms with E-state index in [1.165, 1.54) is 6.07 Å². The molecule has 1 N–H and O–H groups in total. The highest BCUT2D eigenvalue weighted by atomic mass is 79.9. The predicted octanol–water partition coefficient (Wildman–Crippen LogP) is 3.78. The standard InChI is InChI=1S/C15H17BrF2N2O/c1-3-12-15(16)13(20(4-2)19-12)8-14(21)9-5-6-10(17)11(18)7-9/h5-7,14,21H,3-4,8H2,1-2H3. The molecular weight excluding hydrogens is 342 g/mol. The van der Waals surface area contributed by atoms with E-state index in [2.05, 4.69) is 21.0 Å². The van der Waals surface area contributed by atoms with Crippen LogP contribution in [-0.4, -0.2) is 14.9 Å². The highest BCUT2D eigenvalue weighted by molar-refractivity contribution is 9.10. The van der Waals surface area contributed by atoms with Crippen molar-refractivity contribution in [1.29, 1.82) is 0 Å². The van der Waals surface area contributed by atoms with Crippen LogP contribution in [-0.2, 0) is 19.4 Å². The molecule has 1 unspecified atom stereocenters.